The van der Waals surface area contributed by atoms with Crippen LogP contribution < -0.4 is 5.32 Å². The van der Waals surface area contributed by atoms with Gasteiger partial charge in [0.1, 0.15) is 0 Å². The molecule has 0 aliphatic carbocycles. The van der Waals surface area contributed by atoms with Crippen LogP contribution in [0.2, 0.25) is 0 Å². The molecule has 1 fully saturated rings. The van der Waals surface area contributed by atoms with Gasteiger partial charge in [-0.3, -0.25) is 0 Å². The maximum absolute atomic E-state index is 4.26. The van der Waals surface area contributed by atoms with Crippen LogP contribution in [-0.4, -0.2) is 22.6 Å². The van der Waals surface area contributed by atoms with E-state index in [9.17, 15) is 0 Å². The zero-order chi connectivity index (χ0) is 9.97. The van der Waals surface area contributed by atoms with Crippen molar-refractivity contribution in [3.05, 3.63) is 18.2 Å². The minimum Gasteiger partial charge on any atom is -0.331 e. The molecule has 14 heavy (non-hydrogen) atoms. The molecule has 1 atom stereocenters. The van der Waals surface area contributed by atoms with Gasteiger partial charge in [-0.15, -0.1) is 0 Å². The Morgan fingerprint density at radius 1 is 1.64 bits per heavy atom. The molecule has 3 nitrogen and oxygen atoms in total. The molecule has 78 valence electrons. The summed E-state index contributed by atoms with van der Waals surface area (Å²) >= 11 is 0. The second kappa shape index (κ2) is 4.13. The van der Waals surface area contributed by atoms with Crippen molar-refractivity contribution in [3.63, 3.8) is 0 Å². The summed E-state index contributed by atoms with van der Waals surface area (Å²) in [5.74, 6) is 0.691. The molecule has 0 radical (unpaired) electrons. The van der Waals surface area contributed by atoms with Gasteiger partial charge in [0.15, 0.2) is 0 Å². The fourth-order valence-electron chi connectivity index (χ4n) is 2.05. The lowest BCUT2D eigenvalue weighted by Crippen LogP contribution is -2.41. The third kappa shape index (κ3) is 1.69. The molecule has 1 aliphatic heterocycles. The predicted octanol–water partition coefficient (Wildman–Crippen LogP) is 1.93. The minimum atomic E-state index is 0.595. The summed E-state index contributed by atoms with van der Waals surface area (Å²) in [6.45, 7) is 6.74. The number of imidazole rings is 1. The lowest BCUT2D eigenvalue weighted by Gasteiger charge is -2.29. The first-order valence-electron chi connectivity index (χ1n) is 5.55. The van der Waals surface area contributed by atoms with Crippen LogP contribution in [0.3, 0.4) is 0 Å². The zero-order valence-corrected chi connectivity index (χ0v) is 9.03. The third-order valence-electron chi connectivity index (χ3n) is 3.08. The molecular weight excluding hydrogens is 174 g/mol. The van der Waals surface area contributed by atoms with E-state index in [1.807, 2.05) is 12.5 Å². The Bertz CT molecular complexity index is 288. The Morgan fingerprint density at radius 3 is 3.00 bits per heavy atom. The van der Waals surface area contributed by atoms with E-state index in [0.717, 1.165) is 13.1 Å². The second-order valence-electron chi connectivity index (χ2n) is 4.22. The molecule has 3 heteroatoms. The number of nitrogens with zero attached hydrogens (tertiary/aromatic N) is 2. The van der Waals surface area contributed by atoms with Crippen molar-refractivity contribution >= 4 is 0 Å². The highest BCUT2D eigenvalue weighted by atomic mass is 15.1. The van der Waals surface area contributed by atoms with Gasteiger partial charge in [-0.25, -0.2) is 4.98 Å². The fraction of sp³-hybridized carbons (Fsp3) is 0.727. The molecule has 1 unspecified atom stereocenters. The Hall–Kier alpha value is -0.830. The third-order valence-corrected chi connectivity index (χ3v) is 3.08. The first kappa shape index (κ1) is 9.71. The molecule has 1 aromatic rings. The van der Waals surface area contributed by atoms with Crippen molar-refractivity contribution in [1.29, 1.82) is 0 Å². The van der Waals surface area contributed by atoms with E-state index in [1.54, 1.807) is 0 Å². The lowest BCUT2D eigenvalue weighted by atomic mass is 9.99. The molecule has 0 bridgehead atoms. The highest BCUT2D eigenvalue weighted by molar-refractivity contribution is 5.12. The van der Waals surface area contributed by atoms with Gasteiger partial charge < -0.3 is 9.88 Å². The SMILES string of the molecule is CCCC(C)n1cncc1C1CNC1. The van der Waals surface area contributed by atoms with Gasteiger partial charge >= 0.3 is 0 Å². The van der Waals surface area contributed by atoms with Crippen molar-refractivity contribution in [2.24, 2.45) is 0 Å². The lowest BCUT2D eigenvalue weighted by molar-refractivity contribution is 0.399. The van der Waals surface area contributed by atoms with Crippen LogP contribution in [0.25, 0.3) is 0 Å². The zero-order valence-electron chi connectivity index (χ0n) is 9.03. The molecule has 0 amide bonds. The highest BCUT2D eigenvalue weighted by Crippen LogP contribution is 2.24. The van der Waals surface area contributed by atoms with E-state index in [4.69, 9.17) is 0 Å². The monoisotopic (exact) mass is 193 g/mol. The van der Waals surface area contributed by atoms with E-state index in [0.29, 0.717) is 12.0 Å². The Balaban J connectivity index is 2.11. The number of hydrogen-bond donors (Lipinski definition) is 1. The van der Waals surface area contributed by atoms with E-state index in [-0.39, 0.29) is 0 Å². The van der Waals surface area contributed by atoms with Crippen LogP contribution in [0.4, 0.5) is 0 Å². The predicted molar refractivity (Wildman–Crippen MR) is 57.5 cm³/mol. The quantitative estimate of drug-likeness (QED) is 0.792. The van der Waals surface area contributed by atoms with E-state index >= 15 is 0 Å². The van der Waals surface area contributed by atoms with Crippen LogP contribution in [-0.2, 0) is 0 Å². The molecular formula is C11H19N3. The van der Waals surface area contributed by atoms with E-state index in [1.165, 1.54) is 18.5 Å². The molecule has 1 N–H and O–H groups in total. The van der Waals surface area contributed by atoms with Crippen molar-refractivity contribution in [2.75, 3.05) is 13.1 Å². The van der Waals surface area contributed by atoms with Crippen LogP contribution in [0.5, 0.6) is 0 Å². The summed E-state index contributed by atoms with van der Waals surface area (Å²) in [4.78, 5) is 4.26. The number of aromatic nitrogens is 2. The Kier molecular flexibility index (Phi) is 2.87. The molecule has 1 saturated heterocycles. The smallest absolute Gasteiger partial charge is 0.0950 e. The summed E-state index contributed by atoms with van der Waals surface area (Å²) in [6, 6.07) is 0.595. The average molecular weight is 193 g/mol. The van der Waals surface area contributed by atoms with Crippen molar-refractivity contribution in [3.8, 4) is 0 Å². The normalized spacial score (nSPS) is 19.3. The Labute approximate surface area is 85.5 Å². The summed E-state index contributed by atoms with van der Waals surface area (Å²) in [6.07, 6.45) is 6.48. The van der Waals surface area contributed by atoms with Gasteiger partial charge in [-0.2, -0.15) is 0 Å². The molecule has 2 rings (SSSR count). The van der Waals surface area contributed by atoms with Crippen molar-refractivity contribution in [1.82, 2.24) is 14.9 Å². The summed E-state index contributed by atoms with van der Waals surface area (Å²) < 4.78 is 2.34. The van der Waals surface area contributed by atoms with Crippen molar-refractivity contribution in [2.45, 2.75) is 38.6 Å². The second-order valence-corrected chi connectivity index (χ2v) is 4.22. The van der Waals surface area contributed by atoms with Crippen LogP contribution >= 0.6 is 0 Å². The molecule has 0 spiro atoms. The summed E-state index contributed by atoms with van der Waals surface area (Å²) in [5, 5.41) is 3.31. The topological polar surface area (TPSA) is 29.9 Å². The number of nitrogens with one attached hydrogen (secondary N) is 1. The number of hydrogen-bond acceptors (Lipinski definition) is 2. The standard InChI is InChI=1S/C11H19N3/c1-3-4-9(2)14-8-13-7-11(14)10-5-12-6-10/h7-10,12H,3-6H2,1-2H3. The molecule has 0 saturated carbocycles. The molecule has 1 aromatic heterocycles. The molecule has 2 heterocycles. The van der Waals surface area contributed by atoms with Crippen LogP contribution in [0.15, 0.2) is 12.5 Å². The van der Waals surface area contributed by atoms with Crippen LogP contribution in [0, 0.1) is 0 Å². The molecule has 0 aromatic carbocycles. The molecule has 1 aliphatic rings. The summed E-state index contributed by atoms with van der Waals surface area (Å²) in [5.41, 5.74) is 1.41. The first-order valence-corrected chi connectivity index (χ1v) is 5.55. The average Bonchev–Trinajstić information content (AvgIpc) is 2.50. The first-order chi connectivity index (χ1) is 6.83. The maximum Gasteiger partial charge on any atom is 0.0950 e. The van der Waals surface area contributed by atoms with Crippen LogP contribution in [0.1, 0.15) is 44.3 Å². The minimum absolute atomic E-state index is 0.595. The maximum atomic E-state index is 4.26. The van der Waals surface area contributed by atoms with Crippen molar-refractivity contribution < 1.29 is 0 Å². The fourth-order valence-corrected chi connectivity index (χ4v) is 2.05. The summed E-state index contributed by atoms with van der Waals surface area (Å²) in [7, 11) is 0. The Morgan fingerprint density at radius 2 is 2.43 bits per heavy atom. The van der Waals surface area contributed by atoms with E-state index < -0.39 is 0 Å². The highest BCUT2D eigenvalue weighted by Gasteiger charge is 2.23. The van der Waals surface area contributed by atoms with Gasteiger partial charge in [0.25, 0.3) is 0 Å². The van der Waals surface area contributed by atoms with Gasteiger partial charge in [-0.05, 0) is 13.3 Å². The van der Waals surface area contributed by atoms with Gasteiger partial charge in [0.2, 0.25) is 0 Å². The number of rotatable bonds is 4. The largest absolute Gasteiger partial charge is 0.331 e. The van der Waals surface area contributed by atoms with Gasteiger partial charge in [-0.1, -0.05) is 13.3 Å². The van der Waals surface area contributed by atoms with E-state index in [2.05, 4.69) is 28.7 Å². The van der Waals surface area contributed by atoms with Gasteiger partial charge in [0, 0.05) is 36.9 Å². The van der Waals surface area contributed by atoms with Gasteiger partial charge in [0.05, 0.1) is 6.33 Å².